The predicted octanol–water partition coefficient (Wildman–Crippen LogP) is 1.20. The summed E-state index contributed by atoms with van der Waals surface area (Å²) in [7, 11) is 1.57. The molecular weight excluding hydrogens is 476 g/mol. The van der Waals surface area contributed by atoms with E-state index in [0.717, 1.165) is 16.9 Å². The zero-order chi connectivity index (χ0) is 26.9. The summed E-state index contributed by atoms with van der Waals surface area (Å²) in [6.45, 7) is 6.64. The molecule has 0 unspecified atom stereocenters. The van der Waals surface area contributed by atoms with E-state index in [-0.39, 0.29) is 18.6 Å². The van der Waals surface area contributed by atoms with Crippen LogP contribution >= 0.6 is 0 Å². The number of aryl methyl sites for hydroxylation is 1. The average molecular weight is 511 g/mol. The van der Waals surface area contributed by atoms with Crippen molar-refractivity contribution in [2.75, 3.05) is 44.8 Å². The molecule has 10 heteroatoms. The Kier molecular flexibility index (Phi) is 7.59. The second-order valence-electron chi connectivity index (χ2n) is 10.2. The lowest BCUT2D eigenvalue weighted by Gasteiger charge is -2.40. The van der Waals surface area contributed by atoms with Crippen LogP contribution in [0.2, 0.25) is 0 Å². The lowest BCUT2D eigenvalue weighted by molar-refractivity contribution is -0.141. The molecule has 4 atom stereocenters. The Morgan fingerprint density at radius 2 is 1.97 bits per heavy atom. The molecule has 2 fully saturated rings. The summed E-state index contributed by atoms with van der Waals surface area (Å²) in [5, 5.41) is 39.0. The number of carbonyl (C=O) groups is 1. The van der Waals surface area contributed by atoms with Crippen LogP contribution in [0, 0.1) is 23.7 Å². The fourth-order valence-electron chi connectivity index (χ4n) is 5.13. The minimum atomic E-state index is -1.49. The van der Waals surface area contributed by atoms with Gasteiger partial charge in [0.2, 0.25) is 0 Å². The van der Waals surface area contributed by atoms with E-state index >= 15 is 0 Å². The molecule has 2 aliphatic rings. The lowest BCUT2D eigenvalue weighted by Crippen LogP contribution is -2.54. The number of rotatable bonds is 8. The van der Waals surface area contributed by atoms with E-state index in [1.165, 1.54) is 4.90 Å². The fraction of sp³-hybridized carbons (Fsp3) is 0.519. The number of nitrogens with zero attached hydrogens (tertiary/aromatic N) is 4. The van der Waals surface area contributed by atoms with E-state index in [4.69, 9.17) is 9.47 Å². The fourth-order valence-corrected chi connectivity index (χ4v) is 5.13. The molecule has 1 aromatic carbocycles. The first kappa shape index (κ1) is 26.7. The van der Waals surface area contributed by atoms with Crippen molar-refractivity contribution in [3.63, 3.8) is 0 Å². The van der Waals surface area contributed by atoms with Crippen LogP contribution in [0.5, 0.6) is 11.5 Å². The molecule has 2 saturated heterocycles. The highest BCUT2D eigenvalue weighted by Crippen LogP contribution is 2.47. The van der Waals surface area contributed by atoms with Crippen molar-refractivity contribution in [1.29, 1.82) is 5.26 Å². The van der Waals surface area contributed by atoms with Crippen molar-refractivity contribution in [2.45, 2.75) is 45.0 Å². The van der Waals surface area contributed by atoms with E-state index in [2.05, 4.69) is 11.1 Å². The van der Waals surface area contributed by atoms with Crippen LogP contribution in [0.4, 0.5) is 5.82 Å². The summed E-state index contributed by atoms with van der Waals surface area (Å²) in [5.74, 6) is 1.09. The SMILES string of the molecule is COc1ccc([C@@H]2CN(C(=O)[C@@H](O)CO)C[C@@]2(C)[C@@H](C)O)cc1OC1CN(c2cc(C)cc(C#N)n2)C1. The van der Waals surface area contributed by atoms with Crippen LogP contribution in [0.3, 0.4) is 0 Å². The number of aliphatic hydroxyl groups is 3. The zero-order valence-corrected chi connectivity index (χ0v) is 21.6. The van der Waals surface area contributed by atoms with Gasteiger partial charge in [-0.25, -0.2) is 4.98 Å². The zero-order valence-electron chi connectivity index (χ0n) is 21.6. The molecule has 0 saturated carbocycles. The Labute approximate surface area is 216 Å². The number of hydrogen-bond donors (Lipinski definition) is 3. The van der Waals surface area contributed by atoms with Gasteiger partial charge in [0.25, 0.3) is 5.91 Å². The smallest absolute Gasteiger partial charge is 0.253 e. The second-order valence-corrected chi connectivity index (χ2v) is 10.2. The van der Waals surface area contributed by atoms with Gasteiger partial charge in [-0.3, -0.25) is 4.79 Å². The largest absolute Gasteiger partial charge is 0.493 e. The minimum absolute atomic E-state index is 0.110. The third-order valence-corrected chi connectivity index (χ3v) is 7.58. The monoisotopic (exact) mass is 510 g/mol. The Hall–Kier alpha value is -3.39. The summed E-state index contributed by atoms with van der Waals surface area (Å²) >= 11 is 0. The van der Waals surface area contributed by atoms with Crippen LogP contribution in [0.25, 0.3) is 0 Å². The van der Waals surface area contributed by atoms with E-state index in [1.807, 2.05) is 43.0 Å². The molecule has 0 aliphatic carbocycles. The van der Waals surface area contributed by atoms with Gasteiger partial charge < -0.3 is 34.6 Å². The first-order valence-corrected chi connectivity index (χ1v) is 12.3. The molecule has 3 N–H and O–H groups in total. The van der Waals surface area contributed by atoms with E-state index in [9.17, 15) is 25.4 Å². The minimum Gasteiger partial charge on any atom is -0.493 e. The Morgan fingerprint density at radius 3 is 2.59 bits per heavy atom. The summed E-state index contributed by atoms with van der Waals surface area (Å²) in [6, 6.07) is 11.4. The topological polar surface area (TPSA) is 139 Å². The van der Waals surface area contributed by atoms with Crippen molar-refractivity contribution in [1.82, 2.24) is 9.88 Å². The number of nitriles is 1. The van der Waals surface area contributed by atoms with Crippen LogP contribution in [0.1, 0.15) is 36.6 Å². The number of anilines is 1. The Morgan fingerprint density at radius 1 is 1.24 bits per heavy atom. The number of ether oxygens (including phenoxy) is 2. The summed E-state index contributed by atoms with van der Waals surface area (Å²) in [6.07, 6.45) is -2.32. The van der Waals surface area contributed by atoms with Gasteiger partial charge in [0.1, 0.15) is 23.7 Å². The highest BCUT2D eigenvalue weighted by molar-refractivity contribution is 5.81. The van der Waals surface area contributed by atoms with Crippen molar-refractivity contribution in [3.05, 3.63) is 47.2 Å². The number of carbonyl (C=O) groups excluding carboxylic acids is 1. The molecule has 2 aliphatic heterocycles. The van der Waals surface area contributed by atoms with Crippen molar-refractivity contribution in [2.24, 2.45) is 5.41 Å². The molecule has 3 heterocycles. The number of methoxy groups -OCH3 is 1. The molecule has 1 aromatic heterocycles. The lowest BCUT2D eigenvalue weighted by atomic mass is 9.72. The van der Waals surface area contributed by atoms with Gasteiger partial charge in [0.05, 0.1) is 32.9 Å². The van der Waals surface area contributed by atoms with Gasteiger partial charge in [-0.15, -0.1) is 0 Å². The maximum absolute atomic E-state index is 12.6. The normalized spacial score (nSPS) is 23.2. The van der Waals surface area contributed by atoms with Gasteiger partial charge in [0, 0.05) is 24.4 Å². The Balaban J connectivity index is 1.53. The average Bonchev–Trinajstić information content (AvgIpc) is 3.23. The van der Waals surface area contributed by atoms with Crippen LogP contribution in [-0.4, -0.2) is 89.3 Å². The second kappa shape index (κ2) is 10.5. The number of aromatic nitrogens is 1. The summed E-state index contributed by atoms with van der Waals surface area (Å²) in [4.78, 5) is 20.5. The number of pyridine rings is 1. The van der Waals surface area contributed by atoms with Gasteiger partial charge in [-0.1, -0.05) is 13.0 Å². The highest BCUT2D eigenvalue weighted by atomic mass is 16.5. The molecule has 0 bridgehead atoms. The highest BCUT2D eigenvalue weighted by Gasteiger charge is 2.49. The van der Waals surface area contributed by atoms with Crippen LogP contribution < -0.4 is 14.4 Å². The number of amides is 1. The van der Waals surface area contributed by atoms with Crippen LogP contribution in [0.15, 0.2) is 30.3 Å². The molecule has 4 rings (SSSR count). The maximum atomic E-state index is 12.6. The molecular formula is C27H34N4O6. The van der Waals surface area contributed by atoms with Gasteiger partial charge >= 0.3 is 0 Å². The number of aliphatic hydroxyl groups excluding tert-OH is 3. The van der Waals surface area contributed by atoms with E-state index in [0.29, 0.717) is 36.8 Å². The van der Waals surface area contributed by atoms with Gasteiger partial charge in [-0.05, 0) is 49.2 Å². The van der Waals surface area contributed by atoms with Crippen molar-refractivity contribution < 1.29 is 29.6 Å². The quantitative estimate of drug-likeness (QED) is 0.478. The molecule has 0 spiro atoms. The number of likely N-dealkylation sites (tertiary alicyclic amines) is 1. The van der Waals surface area contributed by atoms with Crippen molar-refractivity contribution >= 4 is 11.7 Å². The third kappa shape index (κ3) is 5.21. The van der Waals surface area contributed by atoms with E-state index < -0.39 is 30.1 Å². The first-order chi connectivity index (χ1) is 17.6. The number of hydrogen-bond acceptors (Lipinski definition) is 9. The summed E-state index contributed by atoms with van der Waals surface area (Å²) in [5.41, 5.74) is 1.56. The Bertz CT molecular complexity index is 1190. The van der Waals surface area contributed by atoms with Gasteiger partial charge in [-0.2, -0.15) is 5.26 Å². The third-order valence-electron chi connectivity index (χ3n) is 7.58. The standard InChI is InChI=1S/C27H34N4O6/c1-16-7-19(10-28)29-25(8-16)30-11-20(12-30)37-24-9-18(5-6-23(24)36-4)21-13-31(26(35)22(34)14-32)15-27(21,3)17(2)33/h5-9,17,20-22,32-34H,11-15H2,1-4H3/t17-,21+,22+,27+/m1/s1. The van der Waals surface area contributed by atoms with Crippen molar-refractivity contribution in [3.8, 4) is 17.6 Å². The maximum Gasteiger partial charge on any atom is 0.253 e. The molecule has 2 aromatic rings. The van der Waals surface area contributed by atoms with Gasteiger partial charge in [0.15, 0.2) is 17.6 Å². The molecule has 1 amide bonds. The molecule has 10 nitrogen and oxygen atoms in total. The predicted molar refractivity (Wildman–Crippen MR) is 136 cm³/mol. The first-order valence-electron chi connectivity index (χ1n) is 12.3. The number of benzene rings is 1. The molecule has 37 heavy (non-hydrogen) atoms. The van der Waals surface area contributed by atoms with E-state index in [1.54, 1.807) is 20.1 Å². The molecule has 198 valence electrons. The summed E-state index contributed by atoms with van der Waals surface area (Å²) < 4.78 is 11.8. The molecule has 0 radical (unpaired) electrons. The van der Waals surface area contributed by atoms with Crippen LogP contribution in [-0.2, 0) is 4.79 Å².